The lowest BCUT2D eigenvalue weighted by Gasteiger charge is -2.36. The van der Waals surface area contributed by atoms with Gasteiger partial charge in [-0.2, -0.15) is 9.57 Å². The van der Waals surface area contributed by atoms with Gasteiger partial charge in [-0.25, -0.2) is 12.8 Å². The number of hydrogen-bond acceptors (Lipinski definition) is 4. The molecule has 7 heteroatoms. The summed E-state index contributed by atoms with van der Waals surface area (Å²) in [6, 6.07) is 5.11. The molecule has 1 aromatic rings. The maximum Gasteiger partial charge on any atom is 0.245 e. The topological polar surface area (TPSA) is 87.2 Å². The molecule has 0 aromatic heterocycles. The number of rotatable bonds is 2. The van der Waals surface area contributed by atoms with E-state index < -0.39 is 21.4 Å². The Morgan fingerprint density at radius 2 is 1.90 bits per heavy atom. The molecule has 3 rings (SSSR count). The smallest absolute Gasteiger partial charge is 0.245 e. The highest BCUT2D eigenvalue weighted by atomic mass is 32.2. The zero-order valence-corrected chi connectivity index (χ0v) is 12.2. The Bertz CT molecular complexity index is 699. The van der Waals surface area contributed by atoms with Gasteiger partial charge in [-0.1, -0.05) is 6.07 Å². The largest absolute Gasteiger partial charge is 0.328 e. The second-order valence-corrected chi connectivity index (χ2v) is 7.49. The molecule has 2 aliphatic rings. The van der Waals surface area contributed by atoms with Crippen molar-refractivity contribution in [1.29, 1.82) is 5.26 Å². The van der Waals surface area contributed by atoms with Crippen molar-refractivity contribution >= 4 is 10.0 Å². The number of piperidine rings is 1. The van der Waals surface area contributed by atoms with Gasteiger partial charge in [0.1, 0.15) is 22.3 Å². The van der Waals surface area contributed by atoms with E-state index in [1.165, 1.54) is 16.4 Å². The molecule has 0 spiro atoms. The average molecular weight is 309 g/mol. The molecule has 0 radical (unpaired) electrons. The molecule has 2 saturated heterocycles. The lowest BCUT2D eigenvalue weighted by molar-refractivity contribution is 0.227. The highest BCUT2D eigenvalue weighted by Crippen LogP contribution is 2.39. The van der Waals surface area contributed by atoms with Crippen LogP contribution < -0.4 is 5.73 Å². The van der Waals surface area contributed by atoms with Gasteiger partial charge in [0.05, 0.1) is 0 Å². The third-order valence-electron chi connectivity index (χ3n) is 4.35. The lowest BCUT2D eigenvalue weighted by Crippen LogP contribution is -2.50. The highest BCUT2D eigenvalue weighted by molar-refractivity contribution is 7.89. The molecular formula is C14H16FN3O2S. The first-order chi connectivity index (χ1) is 9.95. The first kappa shape index (κ1) is 14.4. The Hall–Kier alpha value is -1.49. The number of hydrogen-bond donors (Lipinski definition) is 1. The van der Waals surface area contributed by atoms with E-state index in [1.54, 1.807) is 6.07 Å². The van der Waals surface area contributed by atoms with Gasteiger partial charge in [0.15, 0.2) is 0 Å². The number of fused-ring (bicyclic) bond motifs is 2. The molecule has 112 valence electrons. The summed E-state index contributed by atoms with van der Waals surface area (Å²) in [4.78, 5) is -0.239. The number of nitriles is 1. The molecule has 2 fully saturated rings. The molecule has 2 unspecified atom stereocenters. The van der Waals surface area contributed by atoms with Crippen LogP contribution in [-0.2, 0) is 10.0 Å². The number of nitrogens with zero attached hydrogens (tertiary/aromatic N) is 2. The predicted molar refractivity (Wildman–Crippen MR) is 74.2 cm³/mol. The van der Waals surface area contributed by atoms with E-state index in [0.717, 1.165) is 18.9 Å². The van der Waals surface area contributed by atoms with Crippen molar-refractivity contribution < 1.29 is 12.8 Å². The molecule has 5 nitrogen and oxygen atoms in total. The quantitative estimate of drug-likeness (QED) is 0.893. The van der Waals surface area contributed by atoms with Crippen molar-refractivity contribution in [2.45, 2.75) is 48.7 Å². The van der Waals surface area contributed by atoms with Gasteiger partial charge in [0.25, 0.3) is 0 Å². The minimum absolute atomic E-state index is 0.0110. The van der Waals surface area contributed by atoms with Crippen molar-refractivity contribution in [2.75, 3.05) is 0 Å². The molecular weight excluding hydrogens is 293 g/mol. The van der Waals surface area contributed by atoms with Gasteiger partial charge < -0.3 is 5.73 Å². The van der Waals surface area contributed by atoms with Crippen LogP contribution in [0.3, 0.4) is 0 Å². The maximum absolute atomic E-state index is 13.7. The van der Waals surface area contributed by atoms with E-state index in [9.17, 15) is 12.8 Å². The SMILES string of the molecule is N#Cc1c(F)cccc1S(=O)(=O)N1C2CCC1CC(N)C2. The standard InChI is InChI=1S/C14H16FN3O2S/c15-13-2-1-3-14(12(13)8-16)21(19,20)18-10-4-5-11(18)7-9(17)6-10/h1-3,9-11H,4-7,17H2. The minimum atomic E-state index is -3.87. The average Bonchev–Trinajstić information content (AvgIpc) is 2.72. The van der Waals surface area contributed by atoms with Crippen LogP contribution in [0.15, 0.2) is 23.1 Å². The molecule has 21 heavy (non-hydrogen) atoms. The van der Waals surface area contributed by atoms with Crippen LogP contribution in [0, 0.1) is 17.1 Å². The van der Waals surface area contributed by atoms with Crippen molar-refractivity contribution in [3.63, 3.8) is 0 Å². The van der Waals surface area contributed by atoms with Crippen LogP contribution in [-0.4, -0.2) is 30.8 Å². The Morgan fingerprint density at radius 3 is 2.48 bits per heavy atom. The van der Waals surface area contributed by atoms with Crippen molar-refractivity contribution in [3.8, 4) is 6.07 Å². The summed E-state index contributed by atoms with van der Waals surface area (Å²) < 4.78 is 40.9. The lowest BCUT2D eigenvalue weighted by atomic mass is 10.0. The monoisotopic (exact) mass is 309 g/mol. The maximum atomic E-state index is 13.7. The van der Waals surface area contributed by atoms with Crippen molar-refractivity contribution in [1.82, 2.24) is 4.31 Å². The highest BCUT2D eigenvalue weighted by Gasteiger charge is 2.47. The van der Waals surface area contributed by atoms with E-state index in [-0.39, 0.29) is 23.0 Å². The van der Waals surface area contributed by atoms with Crippen LogP contribution in [0.2, 0.25) is 0 Å². The molecule has 2 bridgehead atoms. The molecule has 0 saturated carbocycles. The summed E-state index contributed by atoms with van der Waals surface area (Å²) in [7, 11) is -3.87. The van der Waals surface area contributed by atoms with E-state index in [1.807, 2.05) is 0 Å². The molecule has 2 aliphatic heterocycles. The number of benzene rings is 1. The van der Waals surface area contributed by atoms with Crippen LogP contribution in [0.4, 0.5) is 4.39 Å². The van der Waals surface area contributed by atoms with Crippen LogP contribution >= 0.6 is 0 Å². The van der Waals surface area contributed by atoms with Gasteiger partial charge in [-0.05, 0) is 37.8 Å². The third kappa shape index (κ3) is 2.24. The summed E-state index contributed by atoms with van der Waals surface area (Å²) in [6.07, 6.45) is 2.78. The summed E-state index contributed by atoms with van der Waals surface area (Å²) in [6.45, 7) is 0. The van der Waals surface area contributed by atoms with Crippen molar-refractivity contribution in [3.05, 3.63) is 29.6 Å². The second-order valence-electron chi connectivity index (χ2n) is 5.68. The van der Waals surface area contributed by atoms with Crippen molar-refractivity contribution in [2.24, 2.45) is 5.73 Å². The van der Waals surface area contributed by atoms with E-state index >= 15 is 0 Å². The third-order valence-corrected chi connectivity index (χ3v) is 6.39. The Labute approximate surface area is 123 Å². The van der Waals surface area contributed by atoms with Gasteiger partial charge in [0.2, 0.25) is 10.0 Å². The Morgan fingerprint density at radius 1 is 1.29 bits per heavy atom. The van der Waals surface area contributed by atoms with Gasteiger partial charge in [-0.3, -0.25) is 0 Å². The molecule has 2 N–H and O–H groups in total. The van der Waals surface area contributed by atoms with Crippen LogP contribution in [0.5, 0.6) is 0 Å². The fraction of sp³-hybridized carbons (Fsp3) is 0.500. The van der Waals surface area contributed by atoms with Gasteiger partial charge in [0, 0.05) is 18.1 Å². The first-order valence-electron chi connectivity index (χ1n) is 6.93. The van der Waals surface area contributed by atoms with Crippen LogP contribution in [0.1, 0.15) is 31.2 Å². The normalized spacial score (nSPS) is 29.3. The minimum Gasteiger partial charge on any atom is -0.328 e. The summed E-state index contributed by atoms with van der Waals surface area (Å²) in [5, 5.41) is 9.06. The number of nitrogens with two attached hydrogens (primary N) is 1. The molecule has 0 aliphatic carbocycles. The molecule has 0 amide bonds. The summed E-state index contributed by atoms with van der Waals surface area (Å²) >= 11 is 0. The molecule has 2 heterocycles. The molecule has 1 aromatic carbocycles. The second kappa shape index (κ2) is 5.05. The Kier molecular flexibility index (Phi) is 3.48. The fourth-order valence-electron chi connectivity index (χ4n) is 3.51. The Balaban J connectivity index is 2.07. The van der Waals surface area contributed by atoms with Gasteiger partial charge in [-0.15, -0.1) is 0 Å². The van der Waals surface area contributed by atoms with E-state index in [4.69, 9.17) is 11.0 Å². The summed E-state index contributed by atoms with van der Waals surface area (Å²) in [5.41, 5.74) is 5.54. The fourth-order valence-corrected chi connectivity index (χ4v) is 5.56. The summed E-state index contributed by atoms with van der Waals surface area (Å²) in [5.74, 6) is -0.806. The number of halogens is 1. The van der Waals surface area contributed by atoms with Gasteiger partial charge >= 0.3 is 0 Å². The first-order valence-corrected chi connectivity index (χ1v) is 8.37. The zero-order chi connectivity index (χ0) is 15.2. The predicted octanol–water partition coefficient (Wildman–Crippen LogP) is 1.34. The number of sulfonamides is 1. The zero-order valence-electron chi connectivity index (χ0n) is 11.4. The molecule has 2 atom stereocenters. The van der Waals surface area contributed by atoms with Crippen LogP contribution in [0.25, 0.3) is 0 Å². The van der Waals surface area contributed by atoms with E-state index in [2.05, 4.69) is 0 Å². The van der Waals surface area contributed by atoms with E-state index in [0.29, 0.717) is 12.8 Å².